The number of ether oxygens (including phenoxy) is 1. The Morgan fingerprint density at radius 2 is 2.00 bits per heavy atom. The van der Waals surface area contributed by atoms with Gasteiger partial charge in [-0.3, -0.25) is 0 Å². The van der Waals surface area contributed by atoms with Gasteiger partial charge in [0.25, 0.3) is 0 Å². The van der Waals surface area contributed by atoms with Gasteiger partial charge in [0.05, 0.1) is 19.2 Å². The van der Waals surface area contributed by atoms with E-state index in [9.17, 15) is 9.90 Å². The largest absolute Gasteiger partial charge is 0.545 e. The van der Waals surface area contributed by atoms with Crippen molar-refractivity contribution in [3.05, 3.63) is 41.5 Å². The molecule has 0 spiro atoms. The van der Waals surface area contributed by atoms with E-state index in [0.717, 1.165) is 36.8 Å². The van der Waals surface area contributed by atoms with Gasteiger partial charge >= 0.3 is 0 Å². The molecule has 0 saturated carbocycles. The maximum Gasteiger partial charge on any atom is 0.0723 e. The van der Waals surface area contributed by atoms with E-state index in [1.54, 1.807) is 6.08 Å². The Morgan fingerprint density at radius 1 is 1.30 bits per heavy atom. The van der Waals surface area contributed by atoms with Gasteiger partial charge < -0.3 is 19.5 Å². The molecule has 20 heavy (non-hydrogen) atoms. The van der Waals surface area contributed by atoms with Crippen LogP contribution >= 0.6 is 0 Å². The lowest BCUT2D eigenvalue weighted by molar-refractivity contribution is -0.297. The normalized spacial score (nSPS) is 11.3. The van der Waals surface area contributed by atoms with Crippen LogP contribution < -0.4 is 5.11 Å². The van der Waals surface area contributed by atoms with Crippen molar-refractivity contribution in [2.75, 3.05) is 26.2 Å². The number of nitrogens with zero attached hydrogens (tertiary/aromatic N) is 1. The fraction of sp³-hybridized carbons (Fsp3) is 0.438. The number of carbonyl (C=O) groups is 1. The zero-order valence-electron chi connectivity index (χ0n) is 12.2. The highest BCUT2D eigenvalue weighted by Crippen LogP contribution is 2.12. The second-order valence-corrected chi connectivity index (χ2v) is 4.43. The fourth-order valence-corrected chi connectivity index (χ4v) is 1.90. The van der Waals surface area contributed by atoms with Crippen molar-refractivity contribution >= 4 is 12.0 Å². The van der Waals surface area contributed by atoms with E-state index in [-0.39, 0.29) is 0 Å². The minimum atomic E-state index is -1.19. The quantitative estimate of drug-likeness (QED) is 0.504. The number of likely N-dealkylation sites (N-methyl/N-ethyl adjacent to an activating group) is 1. The molecule has 4 heteroatoms. The summed E-state index contributed by atoms with van der Waals surface area (Å²) < 4.78 is 5.66. The van der Waals surface area contributed by atoms with Crippen molar-refractivity contribution in [3.63, 3.8) is 0 Å². The van der Waals surface area contributed by atoms with E-state index in [2.05, 4.69) is 18.7 Å². The molecule has 0 aliphatic rings. The van der Waals surface area contributed by atoms with Crippen LogP contribution in [0.1, 0.15) is 25.0 Å². The summed E-state index contributed by atoms with van der Waals surface area (Å²) >= 11 is 0. The van der Waals surface area contributed by atoms with Gasteiger partial charge in [0, 0.05) is 6.54 Å². The molecule has 1 aromatic carbocycles. The summed E-state index contributed by atoms with van der Waals surface area (Å²) in [4.78, 5) is 12.7. The number of hydrogen-bond donors (Lipinski definition) is 0. The van der Waals surface area contributed by atoms with Gasteiger partial charge in [-0.2, -0.15) is 0 Å². The lowest BCUT2D eigenvalue weighted by Gasteiger charge is -2.17. The first-order valence-electron chi connectivity index (χ1n) is 6.94. The highest BCUT2D eigenvalue weighted by atomic mass is 16.5. The molecule has 0 saturated heterocycles. The van der Waals surface area contributed by atoms with E-state index in [0.29, 0.717) is 13.2 Å². The molecule has 4 nitrogen and oxygen atoms in total. The molecule has 0 N–H and O–H groups in total. The molecule has 0 amide bonds. The van der Waals surface area contributed by atoms with E-state index in [1.165, 1.54) is 0 Å². The predicted molar refractivity (Wildman–Crippen MR) is 77.9 cm³/mol. The second kappa shape index (κ2) is 9.28. The average molecular weight is 276 g/mol. The fourth-order valence-electron chi connectivity index (χ4n) is 1.90. The number of carboxylic acid groups (broad SMARTS) is 1. The number of aliphatic carboxylic acids is 1. The number of carboxylic acids is 1. The van der Waals surface area contributed by atoms with Crippen LogP contribution in [0.25, 0.3) is 6.08 Å². The summed E-state index contributed by atoms with van der Waals surface area (Å²) in [5, 5.41) is 10.5. The Kier molecular flexibility index (Phi) is 7.62. The van der Waals surface area contributed by atoms with Gasteiger partial charge in [0.1, 0.15) is 0 Å². The summed E-state index contributed by atoms with van der Waals surface area (Å²) in [5.41, 5.74) is 1.82. The van der Waals surface area contributed by atoms with Crippen LogP contribution in [0.3, 0.4) is 0 Å². The van der Waals surface area contributed by atoms with Crippen LogP contribution in [0.15, 0.2) is 30.3 Å². The van der Waals surface area contributed by atoms with Gasteiger partial charge in [-0.25, -0.2) is 0 Å². The van der Waals surface area contributed by atoms with Crippen LogP contribution in [-0.4, -0.2) is 37.1 Å². The summed E-state index contributed by atoms with van der Waals surface area (Å²) in [5.74, 6) is -1.19. The van der Waals surface area contributed by atoms with Gasteiger partial charge in [0.2, 0.25) is 0 Å². The van der Waals surface area contributed by atoms with Crippen molar-refractivity contribution in [2.45, 2.75) is 20.5 Å². The third kappa shape index (κ3) is 5.99. The van der Waals surface area contributed by atoms with Crippen LogP contribution in [-0.2, 0) is 16.1 Å². The van der Waals surface area contributed by atoms with Crippen molar-refractivity contribution in [3.8, 4) is 0 Å². The maximum absolute atomic E-state index is 10.5. The molecule has 110 valence electrons. The van der Waals surface area contributed by atoms with Crippen LogP contribution in [0.2, 0.25) is 0 Å². The highest BCUT2D eigenvalue weighted by Gasteiger charge is 2.01. The molecule has 0 unspecified atom stereocenters. The third-order valence-electron chi connectivity index (χ3n) is 3.16. The second-order valence-electron chi connectivity index (χ2n) is 4.43. The van der Waals surface area contributed by atoms with Crippen molar-refractivity contribution < 1.29 is 14.6 Å². The van der Waals surface area contributed by atoms with Gasteiger partial charge in [0.15, 0.2) is 0 Å². The zero-order chi connectivity index (χ0) is 14.8. The summed E-state index contributed by atoms with van der Waals surface area (Å²) in [6, 6.07) is 7.59. The number of hydrogen-bond acceptors (Lipinski definition) is 4. The predicted octanol–water partition coefficient (Wildman–Crippen LogP) is 1.31. The summed E-state index contributed by atoms with van der Waals surface area (Å²) in [6.45, 7) is 8.35. The molecular formula is C16H22NO3-. The Labute approximate surface area is 120 Å². The molecule has 0 fully saturated rings. The lowest BCUT2D eigenvalue weighted by atomic mass is 10.1. The third-order valence-corrected chi connectivity index (χ3v) is 3.16. The topological polar surface area (TPSA) is 52.6 Å². The Hall–Kier alpha value is -1.65. The van der Waals surface area contributed by atoms with Crippen LogP contribution in [0.4, 0.5) is 0 Å². The van der Waals surface area contributed by atoms with Crippen LogP contribution in [0.5, 0.6) is 0 Å². The van der Waals surface area contributed by atoms with Gasteiger partial charge in [-0.05, 0) is 30.3 Å². The van der Waals surface area contributed by atoms with Gasteiger partial charge in [-0.15, -0.1) is 0 Å². The Bertz CT molecular complexity index is 439. The highest BCUT2D eigenvalue weighted by molar-refractivity contribution is 5.83. The first-order chi connectivity index (χ1) is 9.67. The molecule has 0 aromatic heterocycles. The summed E-state index contributed by atoms with van der Waals surface area (Å²) in [7, 11) is 0. The molecule has 0 atom stereocenters. The molecular weight excluding hydrogens is 254 g/mol. The molecule has 1 aromatic rings. The van der Waals surface area contributed by atoms with Crippen LogP contribution in [0, 0.1) is 0 Å². The minimum absolute atomic E-state index is 0.481. The van der Waals surface area contributed by atoms with E-state index >= 15 is 0 Å². The van der Waals surface area contributed by atoms with E-state index < -0.39 is 5.97 Å². The smallest absolute Gasteiger partial charge is 0.0723 e. The lowest BCUT2D eigenvalue weighted by Crippen LogP contribution is -2.27. The van der Waals surface area contributed by atoms with Gasteiger partial charge in [-0.1, -0.05) is 44.2 Å². The summed E-state index contributed by atoms with van der Waals surface area (Å²) in [6.07, 6.45) is 2.58. The van der Waals surface area contributed by atoms with Crippen molar-refractivity contribution in [1.29, 1.82) is 0 Å². The Balaban J connectivity index is 2.49. The average Bonchev–Trinajstić information content (AvgIpc) is 2.46. The number of benzene rings is 1. The molecule has 1 rings (SSSR count). The molecule has 0 aliphatic carbocycles. The SMILES string of the molecule is CCN(CC)CCOCc1ccccc1/C=C/C(=O)[O-]. The first-order valence-corrected chi connectivity index (χ1v) is 6.94. The molecule has 0 heterocycles. The maximum atomic E-state index is 10.5. The standard InChI is InChI=1S/C16H23NO3/c1-3-17(4-2)11-12-20-13-15-8-6-5-7-14(15)9-10-16(18)19/h5-10H,3-4,11-13H2,1-2H3,(H,18,19)/p-1/b10-9+. The zero-order valence-corrected chi connectivity index (χ0v) is 12.2. The minimum Gasteiger partial charge on any atom is -0.545 e. The van der Waals surface area contributed by atoms with Crippen molar-refractivity contribution in [1.82, 2.24) is 4.90 Å². The monoisotopic (exact) mass is 276 g/mol. The molecule has 0 radical (unpaired) electrons. The van der Waals surface area contributed by atoms with E-state index in [4.69, 9.17) is 4.74 Å². The first kappa shape index (κ1) is 16.4. The molecule has 0 aliphatic heterocycles. The van der Waals surface area contributed by atoms with E-state index in [1.807, 2.05) is 24.3 Å². The van der Waals surface area contributed by atoms with Crippen molar-refractivity contribution in [2.24, 2.45) is 0 Å². The molecule has 0 bridgehead atoms. The number of rotatable bonds is 9. The Morgan fingerprint density at radius 3 is 2.65 bits per heavy atom. The number of carbonyl (C=O) groups excluding carboxylic acids is 1.